The Morgan fingerprint density at radius 1 is 1.13 bits per heavy atom. The summed E-state index contributed by atoms with van der Waals surface area (Å²) in [6.07, 6.45) is 0. The molecule has 4 rings (SSSR count). The van der Waals surface area contributed by atoms with E-state index in [0.717, 1.165) is 23.4 Å². The Balaban J connectivity index is 1.70. The van der Waals surface area contributed by atoms with Crippen LogP contribution in [-0.2, 0) is 13.1 Å². The first-order valence-corrected chi connectivity index (χ1v) is 10.3. The molecule has 0 radical (unpaired) electrons. The minimum Gasteiger partial charge on any atom is -0.360 e. The summed E-state index contributed by atoms with van der Waals surface area (Å²) >= 11 is 12.7. The van der Waals surface area contributed by atoms with Gasteiger partial charge in [0.25, 0.3) is 5.91 Å². The summed E-state index contributed by atoms with van der Waals surface area (Å²) in [6, 6.07) is 13.1. The van der Waals surface area contributed by atoms with Crippen molar-refractivity contribution in [1.82, 2.24) is 19.6 Å². The minimum atomic E-state index is -0.241. The molecule has 0 saturated heterocycles. The highest BCUT2D eigenvalue weighted by Crippen LogP contribution is 2.37. The topological polar surface area (TPSA) is 64.2 Å². The first kappa shape index (κ1) is 20.4. The van der Waals surface area contributed by atoms with Gasteiger partial charge in [-0.1, -0.05) is 46.6 Å². The molecule has 2 heterocycles. The largest absolute Gasteiger partial charge is 0.360 e. The maximum Gasteiger partial charge on any atom is 0.259 e. The van der Waals surface area contributed by atoms with Crippen LogP contribution in [0.2, 0.25) is 10.0 Å². The fourth-order valence-electron chi connectivity index (χ4n) is 3.59. The summed E-state index contributed by atoms with van der Waals surface area (Å²) in [4.78, 5) is 19.7. The van der Waals surface area contributed by atoms with Gasteiger partial charge in [0.2, 0.25) is 0 Å². The molecule has 2 aromatic heterocycles. The van der Waals surface area contributed by atoms with E-state index in [1.165, 1.54) is 0 Å². The van der Waals surface area contributed by atoms with Crippen LogP contribution in [-0.4, -0.2) is 32.6 Å². The average molecular weight is 443 g/mol. The van der Waals surface area contributed by atoms with Crippen molar-refractivity contribution < 1.29 is 9.32 Å². The maximum atomic E-state index is 13.4. The number of para-hydroxylation sites is 2. The van der Waals surface area contributed by atoms with Crippen LogP contribution in [0.1, 0.15) is 28.9 Å². The molecule has 2 aromatic carbocycles. The number of amides is 1. The number of nitrogens with zero attached hydrogens (tertiary/aromatic N) is 4. The van der Waals surface area contributed by atoms with Crippen LogP contribution >= 0.6 is 23.2 Å². The van der Waals surface area contributed by atoms with Crippen molar-refractivity contribution in [3.63, 3.8) is 0 Å². The highest BCUT2D eigenvalue weighted by Gasteiger charge is 2.27. The van der Waals surface area contributed by atoms with Crippen molar-refractivity contribution in [3.8, 4) is 11.3 Å². The van der Waals surface area contributed by atoms with Crippen molar-refractivity contribution in [3.05, 3.63) is 69.7 Å². The number of hydrogen-bond acceptors (Lipinski definition) is 4. The average Bonchev–Trinajstić information content (AvgIpc) is 3.27. The molecular formula is C22H20Cl2N4O2. The summed E-state index contributed by atoms with van der Waals surface area (Å²) in [5, 5.41) is 4.88. The van der Waals surface area contributed by atoms with E-state index in [0.29, 0.717) is 39.2 Å². The molecular weight excluding hydrogens is 423 g/mol. The quantitative estimate of drug-likeness (QED) is 0.403. The molecule has 0 aliphatic heterocycles. The fraction of sp³-hybridized carbons (Fsp3) is 0.227. The third-order valence-corrected chi connectivity index (χ3v) is 5.68. The number of benzene rings is 2. The Morgan fingerprint density at radius 3 is 2.53 bits per heavy atom. The molecule has 0 aliphatic carbocycles. The molecule has 0 aliphatic rings. The van der Waals surface area contributed by atoms with Crippen molar-refractivity contribution >= 4 is 40.1 Å². The van der Waals surface area contributed by atoms with Gasteiger partial charge < -0.3 is 14.0 Å². The monoisotopic (exact) mass is 442 g/mol. The van der Waals surface area contributed by atoms with E-state index >= 15 is 0 Å². The fourth-order valence-corrected chi connectivity index (χ4v) is 4.17. The van der Waals surface area contributed by atoms with E-state index in [2.05, 4.69) is 16.6 Å². The predicted octanol–water partition coefficient (Wildman–Crippen LogP) is 5.60. The summed E-state index contributed by atoms with van der Waals surface area (Å²) < 4.78 is 7.44. The van der Waals surface area contributed by atoms with Gasteiger partial charge in [-0.2, -0.15) is 0 Å². The molecule has 8 heteroatoms. The van der Waals surface area contributed by atoms with Crippen LogP contribution in [0.25, 0.3) is 22.3 Å². The zero-order chi connectivity index (χ0) is 21.4. The number of imidazole rings is 1. The van der Waals surface area contributed by atoms with E-state index in [4.69, 9.17) is 32.7 Å². The van der Waals surface area contributed by atoms with E-state index in [1.807, 2.05) is 24.3 Å². The molecule has 30 heavy (non-hydrogen) atoms. The third-order valence-electron chi connectivity index (χ3n) is 5.05. The van der Waals surface area contributed by atoms with Crippen LogP contribution < -0.4 is 0 Å². The number of rotatable bonds is 5. The van der Waals surface area contributed by atoms with Gasteiger partial charge in [0.15, 0.2) is 0 Å². The van der Waals surface area contributed by atoms with E-state index in [9.17, 15) is 4.79 Å². The number of hydrogen-bond donors (Lipinski definition) is 0. The van der Waals surface area contributed by atoms with Crippen LogP contribution in [0.3, 0.4) is 0 Å². The van der Waals surface area contributed by atoms with Gasteiger partial charge in [-0.05, 0) is 38.1 Å². The second kappa shape index (κ2) is 8.13. The number of carbonyl (C=O) groups is 1. The Morgan fingerprint density at radius 2 is 1.83 bits per heavy atom. The highest BCUT2D eigenvalue weighted by atomic mass is 35.5. The first-order chi connectivity index (χ1) is 14.4. The van der Waals surface area contributed by atoms with Gasteiger partial charge in [-0.25, -0.2) is 4.98 Å². The highest BCUT2D eigenvalue weighted by molar-refractivity contribution is 6.39. The molecule has 1 amide bonds. The number of aromatic nitrogens is 3. The molecule has 0 saturated carbocycles. The minimum absolute atomic E-state index is 0.241. The van der Waals surface area contributed by atoms with Crippen LogP contribution in [0.15, 0.2) is 47.0 Å². The van der Waals surface area contributed by atoms with E-state index in [1.54, 1.807) is 37.1 Å². The lowest BCUT2D eigenvalue weighted by Crippen LogP contribution is -2.28. The molecule has 6 nitrogen and oxygen atoms in total. The van der Waals surface area contributed by atoms with Crippen molar-refractivity contribution in [2.45, 2.75) is 26.9 Å². The van der Waals surface area contributed by atoms with Gasteiger partial charge in [-0.3, -0.25) is 4.79 Å². The predicted molar refractivity (Wildman–Crippen MR) is 118 cm³/mol. The Hall–Kier alpha value is -2.83. The third kappa shape index (κ3) is 3.46. The smallest absolute Gasteiger partial charge is 0.259 e. The second-order valence-corrected chi connectivity index (χ2v) is 7.80. The molecule has 4 aromatic rings. The first-order valence-electron chi connectivity index (χ1n) is 9.52. The summed E-state index contributed by atoms with van der Waals surface area (Å²) in [5.41, 5.74) is 3.10. The van der Waals surface area contributed by atoms with Crippen LogP contribution in [0.5, 0.6) is 0 Å². The number of halogens is 2. The van der Waals surface area contributed by atoms with Crippen LogP contribution in [0.4, 0.5) is 0 Å². The normalized spacial score (nSPS) is 11.2. The Kier molecular flexibility index (Phi) is 5.54. The molecule has 0 unspecified atom stereocenters. The number of aryl methyl sites for hydroxylation is 2. The zero-order valence-electron chi connectivity index (χ0n) is 16.8. The number of fused-ring (bicyclic) bond motifs is 1. The lowest BCUT2D eigenvalue weighted by Gasteiger charge is -2.18. The molecule has 0 fully saturated rings. The maximum absolute atomic E-state index is 13.4. The summed E-state index contributed by atoms with van der Waals surface area (Å²) in [6.45, 7) is 4.84. The lowest BCUT2D eigenvalue weighted by molar-refractivity contribution is 0.0779. The van der Waals surface area contributed by atoms with Crippen molar-refractivity contribution in [2.24, 2.45) is 0 Å². The standard InChI is InChI=1S/C22H20Cl2N4O2/c1-4-28-17-11-6-5-10-16(17)25-18(28)12-27(3)22(29)19-13(2)30-26-21(19)20-14(23)8-7-9-15(20)24/h5-11H,4,12H2,1-3H3. The SMILES string of the molecule is CCn1c(CN(C)C(=O)c2c(-c3c(Cl)cccc3Cl)noc2C)nc2ccccc21. The van der Waals surface area contributed by atoms with E-state index in [-0.39, 0.29) is 5.91 Å². The molecule has 0 atom stereocenters. The Labute approximate surface area is 184 Å². The molecule has 0 spiro atoms. The lowest BCUT2D eigenvalue weighted by atomic mass is 10.0. The Bertz CT molecular complexity index is 1230. The van der Waals surface area contributed by atoms with Gasteiger partial charge in [0.05, 0.1) is 27.6 Å². The van der Waals surface area contributed by atoms with Crippen molar-refractivity contribution in [2.75, 3.05) is 7.05 Å². The van der Waals surface area contributed by atoms with Gasteiger partial charge >= 0.3 is 0 Å². The molecule has 154 valence electrons. The molecule has 0 bridgehead atoms. The molecule has 0 N–H and O–H groups in total. The zero-order valence-corrected chi connectivity index (χ0v) is 18.3. The van der Waals surface area contributed by atoms with Gasteiger partial charge in [0, 0.05) is 19.2 Å². The van der Waals surface area contributed by atoms with Crippen molar-refractivity contribution in [1.29, 1.82) is 0 Å². The van der Waals surface area contributed by atoms with E-state index < -0.39 is 0 Å². The van der Waals surface area contributed by atoms with Gasteiger partial charge in [-0.15, -0.1) is 0 Å². The second-order valence-electron chi connectivity index (χ2n) is 6.98. The summed E-state index contributed by atoms with van der Waals surface area (Å²) in [7, 11) is 1.73. The number of carbonyl (C=O) groups excluding carboxylic acids is 1. The van der Waals surface area contributed by atoms with Gasteiger partial charge in [0.1, 0.15) is 22.8 Å². The van der Waals surface area contributed by atoms with Crippen LogP contribution in [0, 0.1) is 6.92 Å². The summed E-state index contributed by atoms with van der Waals surface area (Å²) in [5.74, 6) is 0.970.